The molecule has 21 heavy (non-hydrogen) atoms. The van der Waals surface area contributed by atoms with E-state index in [1.54, 1.807) is 19.2 Å². The monoisotopic (exact) mass is 371 g/mol. The molecule has 114 valence electrons. The molecular weight excluding hydrogens is 354 g/mol. The predicted molar refractivity (Wildman–Crippen MR) is 89.8 cm³/mol. The van der Waals surface area contributed by atoms with Crippen molar-refractivity contribution in [2.24, 2.45) is 5.73 Å². The van der Waals surface area contributed by atoms with Crippen molar-refractivity contribution in [1.82, 2.24) is 9.80 Å². The third-order valence-corrected chi connectivity index (χ3v) is 4.06. The minimum atomic E-state index is -0.00525. The van der Waals surface area contributed by atoms with E-state index in [9.17, 15) is 4.79 Å². The van der Waals surface area contributed by atoms with E-state index in [0.717, 1.165) is 17.6 Å². The molecule has 2 N–H and O–H groups in total. The molecule has 0 spiro atoms. The van der Waals surface area contributed by atoms with E-state index in [-0.39, 0.29) is 5.91 Å². The number of thiocarbonyl (C=S) groups is 1. The van der Waals surface area contributed by atoms with Crippen molar-refractivity contribution in [3.63, 3.8) is 0 Å². The second-order valence-corrected chi connectivity index (χ2v) is 6.32. The quantitative estimate of drug-likeness (QED) is 0.812. The fourth-order valence-electron chi connectivity index (χ4n) is 2.34. The number of hydrogen-bond donors (Lipinski definition) is 1. The Morgan fingerprint density at radius 1 is 1.38 bits per heavy atom. The Morgan fingerprint density at radius 2 is 2.05 bits per heavy atom. The molecule has 0 atom stereocenters. The van der Waals surface area contributed by atoms with Crippen LogP contribution in [-0.4, -0.2) is 60.5 Å². The lowest BCUT2D eigenvalue weighted by Crippen LogP contribution is -2.50. The average molecular weight is 372 g/mol. The highest BCUT2D eigenvalue weighted by molar-refractivity contribution is 9.10. The number of methoxy groups -OCH3 is 1. The first kappa shape index (κ1) is 16.2. The molecule has 1 aromatic carbocycles. The normalized spacial score (nSPS) is 15.8. The van der Waals surface area contributed by atoms with Gasteiger partial charge >= 0.3 is 0 Å². The van der Waals surface area contributed by atoms with Crippen LogP contribution in [-0.2, 0) is 0 Å². The number of nitrogens with zero attached hydrogens (tertiary/aromatic N) is 2. The van der Waals surface area contributed by atoms with Gasteiger partial charge in [0.1, 0.15) is 5.75 Å². The van der Waals surface area contributed by atoms with Gasteiger partial charge in [0.25, 0.3) is 5.91 Å². The van der Waals surface area contributed by atoms with Crippen LogP contribution < -0.4 is 10.5 Å². The van der Waals surface area contributed by atoms with Gasteiger partial charge in [0.15, 0.2) is 0 Å². The van der Waals surface area contributed by atoms with Crippen LogP contribution in [0.15, 0.2) is 22.7 Å². The summed E-state index contributed by atoms with van der Waals surface area (Å²) in [5, 5.41) is 0. The summed E-state index contributed by atoms with van der Waals surface area (Å²) >= 11 is 8.29. The topological polar surface area (TPSA) is 58.8 Å². The number of benzene rings is 1. The first-order valence-electron chi connectivity index (χ1n) is 6.64. The van der Waals surface area contributed by atoms with Crippen LogP contribution in [0.5, 0.6) is 5.75 Å². The van der Waals surface area contributed by atoms with Crippen LogP contribution in [0, 0.1) is 0 Å². The van der Waals surface area contributed by atoms with E-state index in [2.05, 4.69) is 20.8 Å². The summed E-state index contributed by atoms with van der Waals surface area (Å²) in [6.45, 7) is 3.50. The van der Waals surface area contributed by atoms with Crippen molar-refractivity contribution in [1.29, 1.82) is 0 Å². The summed E-state index contributed by atoms with van der Waals surface area (Å²) in [5.74, 6) is 0.578. The summed E-state index contributed by atoms with van der Waals surface area (Å²) in [6.07, 6.45) is 0. The molecule has 0 bridgehead atoms. The highest BCUT2D eigenvalue weighted by Crippen LogP contribution is 2.25. The highest BCUT2D eigenvalue weighted by atomic mass is 79.9. The predicted octanol–water partition coefficient (Wildman–Crippen LogP) is 1.50. The maximum atomic E-state index is 12.6. The Morgan fingerprint density at radius 3 is 2.62 bits per heavy atom. The third kappa shape index (κ3) is 4.15. The van der Waals surface area contributed by atoms with Gasteiger partial charge < -0.3 is 15.4 Å². The first-order valence-corrected chi connectivity index (χ1v) is 7.85. The summed E-state index contributed by atoms with van der Waals surface area (Å²) in [7, 11) is 1.57. The number of rotatable bonds is 4. The molecule has 1 aliphatic heterocycles. The van der Waals surface area contributed by atoms with Crippen molar-refractivity contribution in [2.75, 3.05) is 39.8 Å². The molecule has 0 aromatic heterocycles. The highest BCUT2D eigenvalue weighted by Gasteiger charge is 2.24. The van der Waals surface area contributed by atoms with E-state index in [1.807, 2.05) is 11.0 Å². The van der Waals surface area contributed by atoms with Gasteiger partial charge in [0, 0.05) is 37.2 Å². The molecule has 1 saturated heterocycles. The second-order valence-electron chi connectivity index (χ2n) is 4.88. The summed E-state index contributed by atoms with van der Waals surface area (Å²) < 4.78 is 6.18. The second kappa shape index (κ2) is 7.20. The zero-order chi connectivity index (χ0) is 15.4. The summed E-state index contributed by atoms with van der Waals surface area (Å²) in [4.78, 5) is 17.1. The van der Waals surface area contributed by atoms with Gasteiger partial charge in [-0.2, -0.15) is 0 Å². The van der Waals surface area contributed by atoms with E-state index in [4.69, 9.17) is 22.7 Å². The Kier molecular flexibility index (Phi) is 5.55. The zero-order valence-corrected chi connectivity index (χ0v) is 14.2. The van der Waals surface area contributed by atoms with Crippen LogP contribution in [0.25, 0.3) is 0 Å². The molecule has 0 aliphatic carbocycles. The molecule has 0 radical (unpaired) electrons. The Balaban J connectivity index is 2.03. The maximum absolute atomic E-state index is 12.6. The number of ether oxygens (including phenoxy) is 1. The minimum Gasteiger partial charge on any atom is -0.496 e. The summed E-state index contributed by atoms with van der Waals surface area (Å²) in [6, 6.07) is 5.43. The van der Waals surface area contributed by atoms with Crippen molar-refractivity contribution >= 4 is 39.0 Å². The number of carbonyl (C=O) groups excluding carboxylic acids is 1. The molecule has 1 fully saturated rings. The molecule has 0 saturated carbocycles. The molecule has 5 nitrogen and oxygen atoms in total. The Labute approximate surface area is 138 Å². The van der Waals surface area contributed by atoms with Crippen LogP contribution in [0.2, 0.25) is 0 Å². The largest absolute Gasteiger partial charge is 0.496 e. The number of carbonyl (C=O) groups is 1. The van der Waals surface area contributed by atoms with Gasteiger partial charge in [-0.15, -0.1) is 0 Å². The van der Waals surface area contributed by atoms with Crippen molar-refractivity contribution in [3.05, 3.63) is 28.2 Å². The number of piperazine rings is 1. The molecule has 7 heteroatoms. The van der Waals surface area contributed by atoms with E-state index in [0.29, 0.717) is 35.9 Å². The summed E-state index contributed by atoms with van der Waals surface area (Å²) in [5.41, 5.74) is 6.14. The van der Waals surface area contributed by atoms with Gasteiger partial charge in [0.05, 0.1) is 17.7 Å². The lowest BCUT2D eigenvalue weighted by Gasteiger charge is -2.34. The lowest BCUT2D eigenvalue weighted by molar-refractivity contribution is 0.0651. The van der Waals surface area contributed by atoms with Gasteiger partial charge in [-0.05, 0) is 18.2 Å². The van der Waals surface area contributed by atoms with Gasteiger partial charge in [-0.1, -0.05) is 28.1 Å². The average Bonchev–Trinajstić information content (AvgIpc) is 2.46. The standard InChI is InChI=1S/C14H18BrN3O2S/c1-20-12-8-10(15)2-3-11(12)14(19)18-6-4-17(5-7-18)9-13(16)21/h2-3,8H,4-7,9H2,1H3,(H2,16,21). The van der Waals surface area contributed by atoms with Gasteiger partial charge in [0.2, 0.25) is 0 Å². The number of halogens is 1. The Bertz CT molecular complexity index is 545. The SMILES string of the molecule is COc1cc(Br)ccc1C(=O)N1CCN(CC(N)=S)CC1. The number of amides is 1. The lowest BCUT2D eigenvalue weighted by atomic mass is 10.1. The smallest absolute Gasteiger partial charge is 0.257 e. The van der Waals surface area contributed by atoms with Crippen molar-refractivity contribution < 1.29 is 9.53 Å². The molecule has 1 heterocycles. The Hall–Kier alpha value is -1.18. The number of hydrogen-bond acceptors (Lipinski definition) is 4. The van der Waals surface area contributed by atoms with Crippen LogP contribution >= 0.6 is 28.1 Å². The van der Waals surface area contributed by atoms with Crippen LogP contribution in [0.4, 0.5) is 0 Å². The molecule has 1 aromatic rings. The minimum absolute atomic E-state index is 0.00525. The fraction of sp³-hybridized carbons (Fsp3) is 0.429. The molecular formula is C14H18BrN3O2S. The van der Waals surface area contributed by atoms with Crippen molar-refractivity contribution in [3.8, 4) is 5.75 Å². The van der Waals surface area contributed by atoms with Gasteiger partial charge in [-0.3, -0.25) is 9.69 Å². The van der Waals surface area contributed by atoms with E-state index < -0.39 is 0 Å². The maximum Gasteiger partial charge on any atom is 0.257 e. The first-order chi connectivity index (χ1) is 10.0. The van der Waals surface area contributed by atoms with Crippen LogP contribution in [0.1, 0.15) is 10.4 Å². The van der Waals surface area contributed by atoms with Crippen molar-refractivity contribution in [2.45, 2.75) is 0 Å². The van der Waals surface area contributed by atoms with Gasteiger partial charge in [-0.25, -0.2) is 0 Å². The van der Waals surface area contributed by atoms with E-state index >= 15 is 0 Å². The fourth-order valence-corrected chi connectivity index (χ4v) is 2.86. The van der Waals surface area contributed by atoms with Crippen LogP contribution in [0.3, 0.4) is 0 Å². The zero-order valence-electron chi connectivity index (χ0n) is 11.8. The van der Waals surface area contributed by atoms with E-state index in [1.165, 1.54) is 0 Å². The molecule has 1 amide bonds. The molecule has 1 aliphatic rings. The molecule has 2 rings (SSSR count). The number of nitrogens with two attached hydrogens (primary N) is 1. The third-order valence-electron chi connectivity index (χ3n) is 3.43. The molecule has 0 unspecified atom stereocenters.